The Hall–Kier alpha value is -0.120. The van der Waals surface area contributed by atoms with Gasteiger partial charge in [0.1, 0.15) is 0 Å². The molecule has 0 amide bonds. The molecule has 1 aliphatic heterocycles. The van der Waals surface area contributed by atoms with Crippen molar-refractivity contribution in [2.45, 2.75) is 31.3 Å². The number of hydrogen-bond acceptors (Lipinski definition) is 3. The van der Waals surface area contributed by atoms with Gasteiger partial charge in [0.2, 0.25) is 0 Å². The molecule has 0 saturated carbocycles. The monoisotopic (exact) mass is 158 g/mol. The molecule has 1 saturated heterocycles. The van der Waals surface area contributed by atoms with Gasteiger partial charge in [0.25, 0.3) is 0 Å². The predicted molar refractivity (Wildman–Crippen MR) is 45.3 cm³/mol. The third kappa shape index (κ3) is 2.15. The Morgan fingerprint density at radius 2 is 2.36 bits per heavy atom. The van der Waals surface area contributed by atoms with E-state index in [9.17, 15) is 0 Å². The Morgan fingerprint density at radius 1 is 1.64 bits per heavy atom. The molecule has 3 nitrogen and oxygen atoms in total. The number of aliphatic hydroxyl groups excluding tert-OH is 1. The highest BCUT2D eigenvalue weighted by Gasteiger charge is 2.25. The Kier molecular flexibility index (Phi) is 3.30. The van der Waals surface area contributed by atoms with Gasteiger partial charge in [0, 0.05) is 18.7 Å². The summed E-state index contributed by atoms with van der Waals surface area (Å²) in [5.74, 6) is 0. The van der Waals surface area contributed by atoms with E-state index < -0.39 is 0 Å². The van der Waals surface area contributed by atoms with E-state index in [1.54, 1.807) is 0 Å². The summed E-state index contributed by atoms with van der Waals surface area (Å²) < 4.78 is 0. The van der Waals surface area contributed by atoms with E-state index in [-0.39, 0.29) is 12.6 Å². The zero-order valence-electron chi connectivity index (χ0n) is 7.16. The van der Waals surface area contributed by atoms with Crippen molar-refractivity contribution in [3.05, 3.63) is 0 Å². The smallest absolute Gasteiger partial charge is 0.0446 e. The van der Waals surface area contributed by atoms with Gasteiger partial charge in [-0.15, -0.1) is 0 Å². The van der Waals surface area contributed by atoms with Gasteiger partial charge in [-0.25, -0.2) is 0 Å². The van der Waals surface area contributed by atoms with Crippen molar-refractivity contribution in [1.29, 1.82) is 0 Å². The minimum Gasteiger partial charge on any atom is -0.396 e. The second-order valence-electron chi connectivity index (χ2n) is 3.37. The molecule has 3 N–H and O–H groups in total. The normalized spacial score (nSPS) is 34.1. The lowest BCUT2D eigenvalue weighted by Crippen LogP contribution is -2.50. The van der Waals surface area contributed by atoms with Crippen LogP contribution in [-0.2, 0) is 0 Å². The molecule has 2 unspecified atom stereocenters. The first kappa shape index (κ1) is 8.97. The Labute approximate surface area is 68.2 Å². The molecule has 0 aromatic heterocycles. The molecule has 1 rings (SSSR count). The van der Waals surface area contributed by atoms with Gasteiger partial charge >= 0.3 is 0 Å². The van der Waals surface area contributed by atoms with Gasteiger partial charge in [-0.1, -0.05) is 0 Å². The van der Waals surface area contributed by atoms with Crippen molar-refractivity contribution in [3.8, 4) is 0 Å². The van der Waals surface area contributed by atoms with Crippen molar-refractivity contribution in [1.82, 2.24) is 4.90 Å². The lowest BCUT2D eigenvalue weighted by Gasteiger charge is -2.36. The molecule has 0 aliphatic carbocycles. The molecule has 2 atom stereocenters. The number of nitrogens with two attached hydrogens (primary N) is 1. The topological polar surface area (TPSA) is 49.5 Å². The number of hydrogen-bond donors (Lipinski definition) is 2. The summed E-state index contributed by atoms with van der Waals surface area (Å²) in [5, 5.41) is 8.77. The summed E-state index contributed by atoms with van der Waals surface area (Å²) in [7, 11) is 2.08. The second kappa shape index (κ2) is 4.04. The number of aliphatic hydroxyl groups is 1. The van der Waals surface area contributed by atoms with E-state index in [1.807, 2.05) is 0 Å². The molecule has 0 spiro atoms. The van der Waals surface area contributed by atoms with Gasteiger partial charge in [-0.2, -0.15) is 0 Å². The summed E-state index contributed by atoms with van der Waals surface area (Å²) in [4.78, 5) is 2.25. The molecule has 3 heteroatoms. The van der Waals surface area contributed by atoms with E-state index in [4.69, 9.17) is 10.8 Å². The fourth-order valence-electron chi connectivity index (χ4n) is 1.83. The highest BCUT2D eigenvalue weighted by atomic mass is 16.3. The van der Waals surface area contributed by atoms with Gasteiger partial charge in [-0.3, -0.25) is 0 Å². The highest BCUT2D eigenvalue weighted by Crippen LogP contribution is 2.16. The number of piperidine rings is 1. The largest absolute Gasteiger partial charge is 0.396 e. The van der Waals surface area contributed by atoms with E-state index >= 15 is 0 Å². The Balaban J connectivity index is 2.41. The molecule has 1 aliphatic rings. The molecule has 1 fully saturated rings. The van der Waals surface area contributed by atoms with Crippen LogP contribution in [0.4, 0.5) is 0 Å². The summed E-state index contributed by atoms with van der Waals surface area (Å²) in [5.41, 5.74) is 5.90. The van der Waals surface area contributed by atoms with Crippen LogP contribution in [0.15, 0.2) is 0 Å². The van der Waals surface area contributed by atoms with Crippen LogP contribution in [0.5, 0.6) is 0 Å². The highest BCUT2D eigenvalue weighted by molar-refractivity contribution is 4.84. The fraction of sp³-hybridized carbons (Fsp3) is 1.00. The van der Waals surface area contributed by atoms with Crippen LogP contribution in [-0.4, -0.2) is 42.3 Å². The molecule has 0 radical (unpaired) electrons. The van der Waals surface area contributed by atoms with Crippen LogP contribution in [0.2, 0.25) is 0 Å². The van der Waals surface area contributed by atoms with E-state index in [2.05, 4.69) is 11.9 Å². The summed E-state index contributed by atoms with van der Waals surface area (Å²) in [6.07, 6.45) is 3.12. The van der Waals surface area contributed by atoms with Crippen molar-refractivity contribution in [3.63, 3.8) is 0 Å². The quantitative estimate of drug-likeness (QED) is 0.584. The Morgan fingerprint density at radius 3 is 2.91 bits per heavy atom. The van der Waals surface area contributed by atoms with Crippen molar-refractivity contribution >= 4 is 0 Å². The lowest BCUT2D eigenvalue weighted by atomic mass is 9.95. The first-order valence-corrected chi connectivity index (χ1v) is 4.32. The van der Waals surface area contributed by atoms with Crippen LogP contribution in [0.3, 0.4) is 0 Å². The molecule has 11 heavy (non-hydrogen) atoms. The van der Waals surface area contributed by atoms with E-state index in [0.29, 0.717) is 6.04 Å². The van der Waals surface area contributed by atoms with Crippen LogP contribution >= 0.6 is 0 Å². The standard InChI is InChI=1S/C8H18N2O/c1-10-5-2-3-7(9)8(10)4-6-11/h7-8,11H,2-6,9H2,1H3. The molecular formula is C8H18N2O. The third-order valence-corrected chi connectivity index (χ3v) is 2.53. The predicted octanol–water partition coefficient (Wildman–Crippen LogP) is -0.210. The number of likely N-dealkylation sites (N-methyl/N-ethyl adjacent to an activating group) is 1. The van der Waals surface area contributed by atoms with E-state index in [0.717, 1.165) is 19.4 Å². The first-order chi connectivity index (χ1) is 5.25. The maximum atomic E-state index is 8.77. The molecule has 0 aromatic rings. The van der Waals surface area contributed by atoms with Crippen molar-refractivity contribution < 1.29 is 5.11 Å². The number of rotatable bonds is 2. The van der Waals surface area contributed by atoms with Crippen LogP contribution in [0.25, 0.3) is 0 Å². The average Bonchev–Trinajstić information content (AvgIpc) is 1.97. The maximum Gasteiger partial charge on any atom is 0.0446 e. The minimum atomic E-state index is 0.253. The van der Waals surface area contributed by atoms with Crippen molar-refractivity contribution in [2.24, 2.45) is 5.73 Å². The zero-order chi connectivity index (χ0) is 8.27. The van der Waals surface area contributed by atoms with Crippen LogP contribution < -0.4 is 5.73 Å². The number of nitrogens with zero attached hydrogens (tertiary/aromatic N) is 1. The summed E-state index contributed by atoms with van der Waals surface area (Å²) in [6, 6.07) is 0.662. The van der Waals surface area contributed by atoms with Gasteiger partial charge in [0.05, 0.1) is 0 Å². The molecular weight excluding hydrogens is 140 g/mol. The number of likely N-dealkylation sites (tertiary alicyclic amines) is 1. The third-order valence-electron chi connectivity index (χ3n) is 2.53. The molecule has 0 bridgehead atoms. The van der Waals surface area contributed by atoms with Crippen LogP contribution in [0, 0.1) is 0 Å². The summed E-state index contributed by atoms with van der Waals surface area (Å²) >= 11 is 0. The summed E-state index contributed by atoms with van der Waals surface area (Å²) in [6.45, 7) is 1.38. The minimum absolute atomic E-state index is 0.253. The van der Waals surface area contributed by atoms with Gasteiger partial charge < -0.3 is 15.7 Å². The van der Waals surface area contributed by atoms with Gasteiger partial charge in [0.15, 0.2) is 0 Å². The average molecular weight is 158 g/mol. The fourth-order valence-corrected chi connectivity index (χ4v) is 1.83. The van der Waals surface area contributed by atoms with Gasteiger partial charge in [-0.05, 0) is 32.9 Å². The van der Waals surface area contributed by atoms with E-state index in [1.165, 1.54) is 6.42 Å². The Bertz CT molecular complexity index is 109. The first-order valence-electron chi connectivity index (χ1n) is 4.32. The SMILES string of the molecule is CN1CCCC(N)C1CCO. The second-order valence-corrected chi connectivity index (χ2v) is 3.37. The zero-order valence-corrected chi connectivity index (χ0v) is 7.16. The molecule has 1 heterocycles. The molecule has 0 aromatic carbocycles. The maximum absolute atomic E-state index is 8.77. The molecule has 66 valence electrons. The van der Waals surface area contributed by atoms with Crippen molar-refractivity contribution in [2.75, 3.05) is 20.2 Å². The lowest BCUT2D eigenvalue weighted by molar-refractivity contribution is 0.128. The van der Waals surface area contributed by atoms with Crippen LogP contribution in [0.1, 0.15) is 19.3 Å².